The maximum Gasteiger partial charge on any atom is 0.269 e. The van der Waals surface area contributed by atoms with Crippen molar-refractivity contribution >= 4 is 17.5 Å². The average molecular weight is 480 g/mol. The monoisotopic (exact) mass is 479 g/mol. The van der Waals surface area contributed by atoms with Gasteiger partial charge in [-0.15, -0.1) is 0 Å². The van der Waals surface area contributed by atoms with Gasteiger partial charge in [-0.25, -0.2) is 0 Å². The minimum atomic E-state index is -1.26. The Morgan fingerprint density at radius 1 is 0.750 bits per heavy atom. The molecule has 0 fully saturated rings. The topological polar surface area (TPSA) is 115 Å². The van der Waals surface area contributed by atoms with Crippen LogP contribution in [0.2, 0.25) is 0 Å². The predicted octanol–water partition coefficient (Wildman–Crippen LogP) is 4.14. The second-order valence-corrected chi connectivity index (χ2v) is 8.40. The molecule has 3 N–H and O–H groups in total. The summed E-state index contributed by atoms with van der Waals surface area (Å²) in [7, 11) is 0. The molecular weight excluding hydrogens is 454 g/mol. The van der Waals surface area contributed by atoms with E-state index in [2.05, 4.69) is 5.32 Å². The molecule has 2 amide bonds. The van der Waals surface area contributed by atoms with E-state index in [-0.39, 0.29) is 12.1 Å². The number of benzene rings is 4. The molecule has 0 spiro atoms. The fraction of sp³-hybridized carbons (Fsp3) is 0.103. The summed E-state index contributed by atoms with van der Waals surface area (Å²) in [6, 6.07) is 32.9. The first-order valence-corrected chi connectivity index (χ1v) is 11.4. The number of non-ortho nitro benzene ring substituents is 1. The van der Waals surface area contributed by atoms with E-state index < -0.39 is 28.2 Å². The van der Waals surface area contributed by atoms with E-state index in [9.17, 15) is 19.7 Å². The van der Waals surface area contributed by atoms with Crippen molar-refractivity contribution in [2.24, 2.45) is 5.73 Å². The lowest BCUT2D eigenvalue weighted by Gasteiger charge is -2.35. The van der Waals surface area contributed by atoms with Crippen LogP contribution in [-0.2, 0) is 21.4 Å². The molecule has 0 radical (unpaired) electrons. The SMILES string of the molecule is NC(=O)[C@H](Cc1ccc([N+](=O)[O-])cc1)NC(=O)C(c1ccccc1)(c1ccccc1)c1ccccc1. The highest BCUT2D eigenvalue weighted by Gasteiger charge is 2.44. The Hall–Kier alpha value is -4.78. The number of rotatable bonds is 9. The number of hydrogen-bond donors (Lipinski definition) is 2. The molecule has 1 atom stereocenters. The van der Waals surface area contributed by atoms with Crippen LogP contribution in [0.1, 0.15) is 22.3 Å². The van der Waals surface area contributed by atoms with Gasteiger partial charge in [-0.05, 0) is 22.3 Å². The summed E-state index contributed by atoms with van der Waals surface area (Å²) in [6.45, 7) is 0. The number of hydrogen-bond acceptors (Lipinski definition) is 4. The first kappa shape index (κ1) is 24.3. The van der Waals surface area contributed by atoms with Gasteiger partial charge in [0.05, 0.1) is 4.92 Å². The summed E-state index contributed by atoms with van der Waals surface area (Å²) in [6.07, 6.45) is 0.0908. The third kappa shape index (κ3) is 4.86. The number of nitrogens with two attached hydrogens (primary N) is 1. The maximum absolute atomic E-state index is 14.3. The third-order valence-corrected chi connectivity index (χ3v) is 6.20. The van der Waals surface area contributed by atoms with Crippen LogP contribution >= 0.6 is 0 Å². The number of nitro benzene ring substituents is 1. The molecule has 0 aliphatic carbocycles. The van der Waals surface area contributed by atoms with Crippen molar-refractivity contribution in [1.29, 1.82) is 0 Å². The quantitative estimate of drug-likeness (QED) is 0.213. The summed E-state index contributed by atoms with van der Waals surface area (Å²) in [5.41, 5.74) is 7.23. The largest absolute Gasteiger partial charge is 0.368 e. The minimum Gasteiger partial charge on any atom is -0.368 e. The van der Waals surface area contributed by atoms with E-state index in [1.807, 2.05) is 91.0 Å². The van der Waals surface area contributed by atoms with Crippen molar-refractivity contribution in [3.05, 3.63) is 148 Å². The van der Waals surface area contributed by atoms with E-state index in [1.165, 1.54) is 12.1 Å². The van der Waals surface area contributed by atoms with Gasteiger partial charge in [0.2, 0.25) is 11.8 Å². The number of amides is 2. The lowest BCUT2D eigenvalue weighted by atomic mass is 9.68. The molecule has 4 rings (SSSR count). The number of nitro groups is 1. The van der Waals surface area contributed by atoms with Crippen molar-refractivity contribution in [1.82, 2.24) is 5.32 Å². The highest BCUT2D eigenvalue weighted by Crippen LogP contribution is 2.39. The summed E-state index contributed by atoms with van der Waals surface area (Å²) in [5, 5.41) is 13.9. The van der Waals surface area contributed by atoms with Crippen LogP contribution in [0.5, 0.6) is 0 Å². The fourth-order valence-corrected chi connectivity index (χ4v) is 4.44. The van der Waals surface area contributed by atoms with Crippen LogP contribution in [0.15, 0.2) is 115 Å². The maximum atomic E-state index is 14.3. The Balaban J connectivity index is 1.79. The highest BCUT2D eigenvalue weighted by atomic mass is 16.6. The van der Waals surface area contributed by atoms with E-state index in [1.54, 1.807) is 12.1 Å². The Labute approximate surface area is 208 Å². The van der Waals surface area contributed by atoms with Crippen LogP contribution in [-0.4, -0.2) is 22.8 Å². The molecule has 0 aromatic heterocycles. The molecule has 36 heavy (non-hydrogen) atoms. The van der Waals surface area contributed by atoms with Gasteiger partial charge in [-0.2, -0.15) is 0 Å². The number of nitrogens with zero attached hydrogens (tertiary/aromatic N) is 1. The van der Waals surface area contributed by atoms with Crippen molar-refractivity contribution in [2.75, 3.05) is 0 Å². The molecule has 0 heterocycles. The Morgan fingerprint density at radius 3 is 1.53 bits per heavy atom. The van der Waals surface area contributed by atoms with Gasteiger partial charge in [0.15, 0.2) is 0 Å². The number of carbonyl (C=O) groups excluding carboxylic acids is 2. The molecule has 0 bridgehead atoms. The smallest absolute Gasteiger partial charge is 0.269 e. The van der Waals surface area contributed by atoms with Crippen LogP contribution in [0.25, 0.3) is 0 Å². The summed E-state index contributed by atoms with van der Waals surface area (Å²) >= 11 is 0. The van der Waals surface area contributed by atoms with Crippen LogP contribution < -0.4 is 11.1 Å². The molecule has 180 valence electrons. The zero-order valence-corrected chi connectivity index (χ0v) is 19.4. The number of carbonyl (C=O) groups is 2. The first-order chi connectivity index (χ1) is 17.4. The average Bonchev–Trinajstić information content (AvgIpc) is 2.91. The lowest BCUT2D eigenvalue weighted by molar-refractivity contribution is -0.384. The molecule has 4 aromatic rings. The first-order valence-electron chi connectivity index (χ1n) is 11.4. The zero-order valence-electron chi connectivity index (χ0n) is 19.4. The Bertz CT molecular complexity index is 1250. The van der Waals surface area contributed by atoms with Crippen LogP contribution in [0.4, 0.5) is 5.69 Å². The molecular formula is C29H25N3O4. The summed E-state index contributed by atoms with van der Waals surface area (Å²) in [4.78, 5) is 37.2. The van der Waals surface area contributed by atoms with Gasteiger partial charge in [-0.1, -0.05) is 103 Å². The van der Waals surface area contributed by atoms with Crippen molar-refractivity contribution in [3.8, 4) is 0 Å². The third-order valence-electron chi connectivity index (χ3n) is 6.20. The van der Waals surface area contributed by atoms with Crippen molar-refractivity contribution in [2.45, 2.75) is 17.9 Å². The van der Waals surface area contributed by atoms with Crippen molar-refractivity contribution < 1.29 is 14.5 Å². The summed E-state index contributed by atoms with van der Waals surface area (Å²) < 4.78 is 0. The van der Waals surface area contributed by atoms with E-state index in [0.717, 1.165) is 16.7 Å². The Morgan fingerprint density at radius 2 is 1.17 bits per heavy atom. The summed E-state index contributed by atoms with van der Waals surface area (Å²) in [5.74, 6) is -1.11. The number of primary amides is 1. The number of nitrogens with one attached hydrogen (secondary N) is 1. The zero-order chi connectivity index (χ0) is 25.5. The van der Waals surface area contributed by atoms with Crippen molar-refractivity contribution in [3.63, 3.8) is 0 Å². The molecule has 4 aromatic carbocycles. The molecule has 0 saturated carbocycles. The fourth-order valence-electron chi connectivity index (χ4n) is 4.44. The van der Waals surface area contributed by atoms with Gasteiger partial charge in [-0.3, -0.25) is 19.7 Å². The molecule has 7 heteroatoms. The second kappa shape index (κ2) is 10.7. The van der Waals surface area contributed by atoms with Crippen LogP contribution in [0, 0.1) is 10.1 Å². The second-order valence-electron chi connectivity index (χ2n) is 8.40. The molecule has 0 saturated heterocycles. The van der Waals surface area contributed by atoms with Gasteiger partial charge in [0.25, 0.3) is 5.69 Å². The normalized spacial score (nSPS) is 11.9. The van der Waals surface area contributed by atoms with Crippen LogP contribution in [0.3, 0.4) is 0 Å². The lowest BCUT2D eigenvalue weighted by Crippen LogP contribution is -2.54. The predicted molar refractivity (Wildman–Crippen MR) is 137 cm³/mol. The van der Waals surface area contributed by atoms with Gasteiger partial charge in [0, 0.05) is 18.6 Å². The Kier molecular flexibility index (Phi) is 7.20. The molecule has 7 nitrogen and oxygen atoms in total. The van der Waals surface area contributed by atoms with Gasteiger partial charge in [0.1, 0.15) is 11.5 Å². The van der Waals surface area contributed by atoms with Gasteiger partial charge < -0.3 is 11.1 Å². The minimum absolute atomic E-state index is 0.0605. The van der Waals surface area contributed by atoms with E-state index in [4.69, 9.17) is 5.73 Å². The highest BCUT2D eigenvalue weighted by molar-refractivity contribution is 5.98. The van der Waals surface area contributed by atoms with E-state index in [0.29, 0.717) is 5.56 Å². The standard InChI is InChI=1S/C29H25N3O4/c30-27(33)26(20-21-16-18-25(19-17-21)32(35)36)31-28(34)29(22-10-4-1-5-11-22,23-12-6-2-7-13-23)24-14-8-3-9-15-24/h1-19,26H,20H2,(H2,30,33)(H,31,34)/t26-/m0/s1. The molecule has 0 unspecified atom stereocenters. The molecule has 0 aliphatic heterocycles. The van der Waals surface area contributed by atoms with E-state index >= 15 is 0 Å². The van der Waals surface area contributed by atoms with Gasteiger partial charge >= 0.3 is 0 Å². The molecule has 0 aliphatic rings.